The molecule has 1 saturated carbocycles. The van der Waals surface area contributed by atoms with Crippen molar-refractivity contribution in [2.45, 2.75) is 49.5 Å². The minimum absolute atomic E-state index is 0.0566. The average Bonchev–Trinajstić information content (AvgIpc) is 2.38. The quantitative estimate of drug-likeness (QED) is 0.563. The number of hydrazine groups is 1. The predicted octanol–water partition coefficient (Wildman–Crippen LogP) is 2.13. The third-order valence-electron chi connectivity index (χ3n) is 3.58. The molecule has 0 spiro atoms. The van der Waals surface area contributed by atoms with Crippen molar-refractivity contribution in [2.75, 3.05) is 5.43 Å². The van der Waals surface area contributed by atoms with Gasteiger partial charge < -0.3 is 5.43 Å². The maximum Gasteiger partial charge on any atom is 0.244 e. The van der Waals surface area contributed by atoms with E-state index in [0.29, 0.717) is 4.47 Å². The smallest absolute Gasteiger partial charge is 0.244 e. The van der Waals surface area contributed by atoms with Crippen molar-refractivity contribution in [1.29, 1.82) is 0 Å². The first kappa shape index (κ1) is 15.7. The number of pyridine rings is 1. The highest BCUT2D eigenvalue weighted by Crippen LogP contribution is 2.30. The van der Waals surface area contributed by atoms with Crippen molar-refractivity contribution in [1.82, 2.24) is 9.71 Å². The number of nitrogens with two attached hydrogens (primary N) is 1. The van der Waals surface area contributed by atoms with Crippen LogP contribution in [0.1, 0.15) is 39.0 Å². The molecular formula is C12H19BrN4O2S. The molecule has 1 heterocycles. The molecule has 4 N–H and O–H groups in total. The van der Waals surface area contributed by atoms with Crippen molar-refractivity contribution in [3.63, 3.8) is 0 Å². The first-order valence-electron chi connectivity index (χ1n) is 6.52. The molecule has 0 radical (unpaired) electrons. The van der Waals surface area contributed by atoms with E-state index in [0.717, 1.165) is 32.1 Å². The third kappa shape index (κ3) is 3.49. The number of hydrogen-bond acceptors (Lipinski definition) is 5. The maximum absolute atomic E-state index is 12.6. The van der Waals surface area contributed by atoms with E-state index in [-0.39, 0.29) is 10.7 Å². The molecule has 1 fully saturated rings. The summed E-state index contributed by atoms with van der Waals surface area (Å²) in [5, 5.41) is 0. The van der Waals surface area contributed by atoms with Gasteiger partial charge in [0.25, 0.3) is 0 Å². The van der Waals surface area contributed by atoms with E-state index in [1.807, 2.05) is 6.92 Å². The van der Waals surface area contributed by atoms with Crippen LogP contribution in [0, 0.1) is 0 Å². The van der Waals surface area contributed by atoms with Gasteiger partial charge in [0, 0.05) is 16.2 Å². The van der Waals surface area contributed by atoms with Crippen molar-refractivity contribution in [3.05, 3.63) is 16.7 Å². The fraction of sp³-hybridized carbons (Fsp3) is 0.583. The summed E-state index contributed by atoms with van der Waals surface area (Å²) in [6.45, 7) is 1.95. The van der Waals surface area contributed by atoms with Gasteiger partial charge >= 0.3 is 0 Å². The normalized spacial score (nSPS) is 18.8. The molecule has 0 bridgehead atoms. The first-order valence-corrected chi connectivity index (χ1v) is 8.80. The van der Waals surface area contributed by atoms with Crippen molar-refractivity contribution < 1.29 is 8.42 Å². The van der Waals surface area contributed by atoms with E-state index >= 15 is 0 Å². The van der Waals surface area contributed by atoms with Crippen LogP contribution < -0.4 is 16.0 Å². The Labute approximate surface area is 127 Å². The van der Waals surface area contributed by atoms with Crippen LogP contribution >= 0.6 is 15.9 Å². The van der Waals surface area contributed by atoms with E-state index in [4.69, 9.17) is 5.84 Å². The Bertz CT molecular complexity index is 585. The van der Waals surface area contributed by atoms with Gasteiger partial charge in [-0.2, -0.15) is 0 Å². The minimum Gasteiger partial charge on any atom is -0.307 e. The van der Waals surface area contributed by atoms with E-state index in [1.54, 1.807) is 0 Å². The van der Waals surface area contributed by atoms with Gasteiger partial charge in [0.15, 0.2) is 5.82 Å². The van der Waals surface area contributed by atoms with Crippen LogP contribution in [0.5, 0.6) is 0 Å². The van der Waals surface area contributed by atoms with Crippen LogP contribution in [-0.2, 0) is 10.0 Å². The second kappa shape index (κ2) is 5.97. The summed E-state index contributed by atoms with van der Waals surface area (Å²) in [7, 11) is -3.67. The fourth-order valence-electron chi connectivity index (χ4n) is 2.55. The van der Waals surface area contributed by atoms with Gasteiger partial charge in [-0.25, -0.2) is 24.0 Å². The van der Waals surface area contributed by atoms with E-state index in [9.17, 15) is 8.42 Å². The van der Waals surface area contributed by atoms with Gasteiger partial charge in [0.05, 0.1) is 0 Å². The predicted molar refractivity (Wildman–Crippen MR) is 81.6 cm³/mol. The second-order valence-corrected chi connectivity index (χ2v) is 7.94. The summed E-state index contributed by atoms with van der Waals surface area (Å²) in [6, 6.07) is 1.50. The van der Waals surface area contributed by atoms with E-state index in [2.05, 4.69) is 31.1 Å². The molecule has 0 atom stereocenters. The van der Waals surface area contributed by atoms with Crippen LogP contribution in [-0.4, -0.2) is 18.9 Å². The Morgan fingerprint density at radius 3 is 2.60 bits per heavy atom. The van der Waals surface area contributed by atoms with Gasteiger partial charge in [-0.15, -0.1) is 0 Å². The van der Waals surface area contributed by atoms with Crippen molar-refractivity contribution in [3.8, 4) is 0 Å². The van der Waals surface area contributed by atoms with Crippen LogP contribution in [0.3, 0.4) is 0 Å². The lowest BCUT2D eigenvalue weighted by Crippen LogP contribution is -2.47. The first-order chi connectivity index (χ1) is 9.36. The molecule has 112 valence electrons. The molecule has 1 aliphatic rings. The number of halogens is 1. The average molecular weight is 363 g/mol. The van der Waals surface area contributed by atoms with Crippen LogP contribution in [0.2, 0.25) is 0 Å². The standard InChI is InChI=1S/C12H19BrN4O2S/c1-12(5-3-2-4-6-12)17-20(18,19)10-7-9(13)8-15-11(10)16-14/h7-8,17H,2-6,14H2,1H3,(H,15,16). The van der Waals surface area contributed by atoms with Gasteiger partial charge in [-0.1, -0.05) is 19.3 Å². The highest BCUT2D eigenvalue weighted by Gasteiger charge is 2.33. The molecule has 2 rings (SSSR count). The topological polar surface area (TPSA) is 97.1 Å². The number of aromatic nitrogens is 1. The molecule has 1 aromatic heterocycles. The number of nitrogen functional groups attached to an aromatic ring is 1. The van der Waals surface area contributed by atoms with Crippen molar-refractivity contribution in [2.24, 2.45) is 5.84 Å². The SMILES string of the molecule is CC1(NS(=O)(=O)c2cc(Br)cnc2NN)CCCCC1. The van der Waals surface area contributed by atoms with Gasteiger partial charge in [0.2, 0.25) is 10.0 Å². The minimum atomic E-state index is -3.67. The molecule has 1 aromatic rings. The molecule has 0 unspecified atom stereocenters. The largest absolute Gasteiger partial charge is 0.307 e. The Hall–Kier alpha value is -0.700. The second-order valence-electron chi connectivity index (χ2n) is 5.37. The maximum atomic E-state index is 12.6. The Kier molecular flexibility index (Phi) is 4.68. The van der Waals surface area contributed by atoms with Gasteiger partial charge in [-0.3, -0.25) is 0 Å². The lowest BCUT2D eigenvalue weighted by molar-refractivity contribution is 0.294. The molecule has 20 heavy (non-hydrogen) atoms. The van der Waals surface area contributed by atoms with Crippen LogP contribution in [0.25, 0.3) is 0 Å². The third-order valence-corrected chi connectivity index (χ3v) is 5.67. The molecule has 0 aliphatic heterocycles. The van der Waals surface area contributed by atoms with Gasteiger partial charge in [-0.05, 0) is 41.8 Å². The Morgan fingerprint density at radius 1 is 1.35 bits per heavy atom. The van der Waals surface area contributed by atoms with Crippen molar-refractivity contribution >= 4 is 31.8 Å². The Morgan fingerprint density at radius 2 is 2.00 bits per heavy atom. The summed E-state index contributed by atoms with van der Waals surface area (Å²) >= 11 is 3.23. The van der Waals surface area contributed by atoms with Crippen LogP contribution in [0.15, 0.2) is 21.6 Å². The number of nitrogens with one attached hydrogen (secondary N) is 2. The molecular weight excluding hydrogens is 344 g/mol. The highest BCUT2D eigenvalue weighted by molar-refractivity contribution is 9.10. The highest BCUT2D eigenvalue weighted by atomic mass is 79.9. The zero-order valence-electron chi connectivity index (χ0n) is 11.3. The number of anilines is 1. The summed E-state index contributed by atoms with van der Waals surface area (Å²) < 4.78 is 28.5. The van der Waals surface area contributed by atoms with Crippen LogP contribution in [0.4, 0.5) is 5.82 Å². The monoisotopic (exact) mass is 362 g/mol. The number of sulfonamides is 1. The molecule has 6 nitrogen and oxygen atoms in total. The zero-order chi connectivity index (χ0) is 14.8. The molecule has 8 heteroatoms. The fourth-order valence-corrected chi connectivity index (χ4v) is 4.64. The lowest BCUT2D eigenvalue weighted by Gasteiger charge is -2.34. The molecule has 0 aromatic carbocycles. The van der Waals surface area contributed by atoms with Gasteiger partial charge in [0.1, 0.15) is 4.90 Å². The van der Waals surface area contributed by atoms with E-state index < -0.39 is 15.6 Å². The molecule has 0 amide bonds. The number of nitrogens with zero attached hydrogens (tertiary/aromatic N) is 1. The summed E-state index contributed by atoms with van der Waals surface area (Å²) in [6.07, 6.45) is 6.43. The summed E-state index contributed by atoms with van der Waals surface area (Å²) in [5.74, 6) is 5.48. The number of hydrogen-bond donors (Lipinski definition) is 3. The number of rotatable bonds is 4. The molecule has 0 saturated heterocycles. The summed E-state index contributed by atoms with van der Waals surface area (Å²) in [5.41, 5.74) is 1.93. The summed E-state index contributed by atoms with van der Waals surface area (Å²) in [4.78, 5) is 4.03. The van der Waals surface area contributed by atoms with E-state index in [1.165, 1.54) is 12.3 Å². The zero-order valence-corrected chi connectivity index (χ0v) is 13.7. The Balaban J connectivity index is 2.32. The molecule has 1 aliphatic carbocycles. The lowest BCUT2D eigenvalue weighted by atomic mass is 9.84.